The van der Waals surface area contributed by atoms with Gasteiger partial charge >= 0.3 is 5.97 Å². The lowest BCUT2D eigenvalue weighted by Crippen LogP contribution is -2.38. The van der Waals surface area contributed by atoms with E-state index >= 15 is 0 Å². The normalized spacial score (nSPS) is 15.3. The van der Waals surface area contributed by atoms with Crippen LogP contribution in [0.25, 0.3) is 10.9 Å². The molecular formula is C34H36ClN3O6. The molecule has 1 aromatic heterocycles. The minimum atomic E-state index is -0.600. The van der Waals surface area contributed by atoms with Gasteiger partial charge in [0.05, 0.1) is 35.6 Å². The van der Waals surface area contributed by atoms with Crippen LogP contribution in [0.3, 0.4) is 0 Å². The number of rotatable bonds is 12. The largest absolute Gasteiger partial charge is 0.488 e. The summed E-state index contributed by atoms with van der Waals surface area (Å²) in [5.74, 6) is 1.43. The Kier molecular flexibility index (Phi) is 9.96. The lowest BCUT2D eigenvalue weighted by atomic mass is 10.1. The summed E-state index contributed by atoms with van der Waals surface area (Å²) in [6.07, 6.45) is 4.13. The van der Waals surface area contributed by atoms with Crippen molar-refractivity contribution in [3.63, 3.8) is 0 Å². The van der Waals surface area contributed by atoms with E-state index in [0.29, 0.717) is 29.4 Å². The molecule has 0 atom stereocenters. The number of carbonyl (C=O) groups is 1. The molecule has 0 radical (unpaired) electrons. The average molecular weight is 618 g/mol. The third kappa shape index (κ3) is 7.35. The zero-order chi connectivity index (χ0) is 30.1. The van der Waals surface area contributed by atoms with Gasteiger partial charge in [-0.2, -0.15) is 0 Å². The number of nitrogens with zero attached hydrogens (tertiary/aromatic N) is 3. The molecule has 2 fully saturated rings. The Morgan fingerprint density at radius 1 is 0.795 bits per heavy atom. The van der Waals surface area contributed by atoms with Crippen molar-refractivity contribution in [1.82, 2.24) is 9.88 Å². The Morgan fingerprint density at radius 2 is 1.41 bits per heavy atom. The van der Waals surface area contributed by atoms with E-state index in [-0.39, 0.29) is 29.5 Å². The summed E-state index contributed by atoms with van der Waals surface area (Å²) in [6, 6.07) is 20.2. The first kappa shape index (κ1) is 30.0. The van der Waals surface area contributed by atoms with Crippen LogP contribution in [-0.4, -0.2) is 81.6 Å². The van der Waals surface area contributed by atoms with Crippen molar-refractivity contribution in [1.29, 1.82) is 0 Å². The number of aromatic nitrogens is 1. The van der Waals surface area contributed by atoms with Crippen LogP contribution in [0.1, 0.15) is 23.2 Å². The summed E-state index contributed by atoms with van der Waals surface area (Å²) in [5.41, 5.74) is 1.77. The second kappa shape index (κ2) is 14.6. The second-order valence-corrected chi connectivity index (χ2v) is 11.1. The van der Waals surface area contributed by atoms with Gasteiger partial charge in [-0.1, -0.05) is 41.9 Å². The number of carbonyl (C=O) groups excluding carboxylic acids is 1. The van der Waals surface area contributed by atoms with Gasteiger partial charge in [0.1, 0.15) is 25.4 Å². The van der Waals surface area contributed by atoms with Gasteiger partial charge in [-0.15, -0.1) is 0 Å². The van der Waals surface area contributed by atoms with Gasteiger partial charge in [0.15, 0.2) is 23.0 Å². The van der Waals surface area contributed by atoms with E-state index in [1.807, 2.05) is 42.5 Å². The number of hydrogen-bond donors (Lipinski definition) is 0. The number of para-hydroxylation sites is 4. The highest BCUT2D eigenvalue weighted by molar-refractivity contribution is 6.35. The van der Waals surface area contributed by atoms with E-state index in [2.05, 4.69) is 14.8 Å². The highest BCUT2D eigenvalue weighted by Gasteiger charge is 2.21. The molecule has 0 saturated carbocycles. The van der Waals surface area contributed by atoms with Crippen LogP contribution in [0.5, 0.6) is 23.0 Å². The van der Waals surface area contributed by atoms with Crippen molar-refractivity contribution >= 4 is 34.2 Å². The Bertz CT molecular complexity index is 1570. The minimum absolute atomic E-state index is 0.223. The summed E-state index contributed by atoms with van der Waals surface area (Å²) in [4.78, 5) is 22.7. The van der Waals surface area contributed by atoms with Gasteiger partial charge < -0.3 is 28.6 Å². The molecule has 0 aliphatic carbocycles. The molecule has 2 saturated heterocycles. The molecule has 0 spiro atoms. The average Bonchev–Trinajstić information content (AvgIpc) is 3.60. The van der Waals surface area contributed by atoms with Crippen molar-refractivity contribution in [2.75, 3.05) is 70.7 Å². The zero-order valence-corrected chi connectivity index (χ0v) is 25.3. The Morgan fingerprint density at radius 3 is 2.09 bits per heavy atom. The molecule has 9 nitrogen and oxygen atoms in total. The number of anilines is 1. The molecule has 0 amide bonds. The molecular weight excluding hydrogens is 582 g/mol. The molecule has 2 aliphatic heterocycles. The van der Waals surface area contributed by atoms with Crippen LogP contribution < -0.4 is 23.8 Å². The van der Waals surface area contributed by atoms with E-state index in [0.717, 1.165) is 57.0 Å². The van der Waals surface area contributed by atoms with Crippen molar-refractivity contribution < 1.29 is 28.5 Å². The molecule has 0 N–H and O–H groups in total. The van der Waals surface area contributed by atoms with Gasteiger partial charge in [-0.3, -0.25) is 9.88 Å². The maximum atomic E-state index is 13.4. The van der Waals surface area contributed by atoms with Gasteiger partial charge in [-0.05, 0) is 49.2 Å². The van der Waals surface area contributed by atoms with Crippen molar-refractivity contribution in [2.24, 2.45) is 0 Å². The van der Waals surface area contributed by atoms with Gasteiger partial charge in [0, 0.05) is 38.1 Å². The molecule has 6 rings (SSSR count). The summed E-state index contributed by atoms with van der Waals surface area (Å²) >= 11 is 6.50. The number of benzene rings is 3. The number of fused-ring (bicyclic) bond motifs is 1. The van der Waals surface area contributed by atoms with Gasteiger partial charge in [0.2, 0.25) is 0 Å². The lowest BCUT2D eigenvalue weighted by molar-refractivity contribution is 0.0320. The first-order valence-electron chi connectivity index (χ1n) is 15.1. The number of halogens is 1. The monoisotopic (exact) mass is 617 g/mol. The Balaban J connectivity index is 1.06. The maximum absolute atomic E-state index is 13.4. The van der Waals surface area contributed by atoms with Crippen molar-refractivity contribution in [3.05, 3.63) is 83.5 Å². The quantitative estimate of drug-likeness (QED) is 0.110. The van der Waals surface area contributed by atoms with Crippen LogP contribution in [0.15, 0.2) is 72.9 Å². The summed E-state index contributed by atoms with van der Waals surface area (Å²) in [5, 5.41) is 1.11. The Hall–Kier alpha value is -4.05. The first-order chi connectivity index (χ1) is 21.7. The van der Waals surface area contributed by atoms with Crippen LogP contribution >= 0.6 is 11.6 Å². The Labute approximate surface area is 262 Å². The molecule has 3 aromatic carbocycles. The maximum Gasteiger partial charge on any atom is 0.347 e. The zero-order valence-electron chi connectivity index (χ0n) is 24.6. The van der Waals surface area contributed by atoms with E-state index in [9.17, 15) is 4.79 Å². The van der Waals surface area contributed by atoms with Crippen LogP contribution in [0.4, 0.5) is 5.69 Å². The molecule has 0 bridgehead atoms. The smallest absolute Gasteiger partial charge is 0.347 e. The van der Waals surface area contributed by atoms with Crippen molar-refractivity contribution in [2.45, 2.75) is 12.8 Å². The fourth-order valence-corrected chi connectivity index (χ4v) is 5.64. The van der Waals surface area contributed by atoms with Gasteiger partial charge in [0.25, 0.3) is 0 Å². The lowest BCUT2D eigenvalue weighted by Gasteiger charge is -2.26. The third-order valence-electron chi connectivity index (χ3n) is 7.73. The predicted octanol–water partition coefficient (Wildman–Crippen LogP) is 5.88. The van der Waals surface area contributed by atoms with Crippen LogP contribution in [0.2, 0.25) is 5.02 Å². The van der Waals surface area contributed by atoms with E-state index < -0.39 is 5.97 Å². The topological polar surface area (TPSA) is 82.6 Å². The van der Waals surface area contributed by atoms with Crippen molar-refractivity contribution in [3.8, 4) is 23.0 Å². The van der Waals surface area contributed by atoms with E-state index in [1.54, 1.807) is 30.5 Å². The van der Waals surface area contributed by atoms with Crippen LogP contribution in [0, 0.1) is 0 Å². The summed E-state index contributed by atoms with van der Waals surface area (Å²) in [6.45, 7) is 7.26. The fraction of sp³-hybridized carbons (Fsp3) is 0.353. The fourth-order valence-electron chi connectivity index (χ4n) is 5.41. The molecule has 44 heavy (non-hydrogen) atoms. The number of hydrogen-bond acceptors (Lipinski definition) is 9. The number of pyridine rings is 1. The summed E-state index contributed by atoms with van der Waals surface area (Å²) < 4.78 is 29.2. The van der Waals surface area contributed by atoms with E-state index in [1.165, 1.54) is 12.8 Å². The highest BCUT2D eigenvalue weighted by Crippen LogP contribution is 2.32. The van der Waals surface area contributed by atoms with Crippen LogP contribution in [-0.2, 0) is 4.74 Å². The van der Waals surface area contributed by atoms with E-state index in [4.69, 9.17) is 35.3 Å². The second-order valence-electron chi connectivity index (χ2n) is 10.7. The molecule has 4 aromatic rings. The first-order valence-corrected chi connectivity index (χ1v) is 15.5. The third-order valence-corrected chi connectivity index (χ3v) is 8.05. The molecule has 10 heteroatoms. The number of esters is 1. The molecule has 2 aliphatic rings. The molecule has 0 unspecified atom stereocenters. The minimum Gasteiger partial charge on any atom is -0.488 e. The highest BCUT2D eigenvalue weighted by atomic mass is 35.5. The SMILES string of the molecule is O=C(Oc1ccccc1OCCOc1ccccc1OCCN1CCOCC1)c1c(Cl)ccc2cc(N3CCCC3)cnc12. The molecule has 3 heterocycles. The predicted molar refractivity (Wildman–Crippen MR) is 170 cm³/mol. The standard InChI is InChI=1S/C34H36ClN3O6/c35-27-12-11-25-23-26(38-13-5-6-14-38)24-36-33(25)32(27)34(39)44-31-10-4-3-9-30(31)43-22-21-42-29-8-2-1-7-28(29)41-20-17-37-15-18-40-19-16-37/h1-4,7-12,23-24H,5-6,13-22H2. The number of ether oxygens (including phenoxy) is 5. The number of morpholine rings is 1. The summed E-state index contributed by atoms with van der Waals surface area (Å²) in [7, 11) is 0. The van der Waals surface area contributed by atoms with Gasteiger partial charge in [-0.25, -0.2) is 4.79 Å². The molecule has 230 valence electrons.